The zero-order valence-corrected chi connectivity index (χ0v) is 7.51. The van der Waals surface area contributed by atoms with Gasteiger partial charge < -0.3 is 0 Å². The summed E-state index contributed by atoms with van der Waals surface area (Å²) in [6.07, 6.45) is 0. The molecule has 0 saturated carbocycles. The summed E-state index contributed by atoms with van der Waals surface area (Å²) in [5, 5.41) is 0. The van der Waals surface area contributed by atoms with E-state index in [4.69, 9.17) is 4.55 Å². The molecule has 0 aliphatic rings. The van der Waals surface area contributed by atoms with Gasteiger partial charge in [0.25, 0.3) is 0 Å². The molecule has 1 aromatic rings. The van der Waals surface area contributed by atoms with Crippen molar-refractivity contribution in [2.75, 3.05) is 0 Å². The molecule has 0 spiro atoms. The van der Waals surface area contributed by atoms with Gasteiger partial charge in [0, 0.05) is 4.90 Å². The van der Waals surface area contributed by atoms with Crippen molar-refractivity contribution in [3.8, 4) is 0 Å². The first-order chi connectivity index (χ1) is 5.58. The van der Waals surface area contributed by atoms with Gasteiger partial charge in [0.1, 0.15) is 0 Å². The van der Waals surface area contributed by atoms with Crippen molar-refractivity contribution in [1.29, 1.82) is 0 Å². The molecule has 0 aliphatic heterocycles. The second-order valence-electron chi connectivity index (χ2n) is 1.89. The van der Waals surface area contributed by atoms with E-state index in [0.717, 1.165) is 0 Å². The summed E-state index contributed by atoms with van der Waals surface area (Å²) >= 11 is 0.589. The lowest BCUT2D eigenvalue weighted by Gasteiger charge is -1.96. The molecule has 4 nitrogen and oxygen atoms in total. The average Bonchev–Trinajstić information content (AvgIpc) is 2.02. The lowest BCUT2D eigenvalue weighted by atomic mass is 10.4. The van der Waals surface area contributed by atoms with Gasteiger partial charge in [-0.2, -0.15) is 12.0 Å². The van der Waals surface area contributed by atoms with Crippen LogP contribution in [0.2, 0.25) is 0 Å². The van der Waals surface area contributed by atoms with Gasteiger partial charge in [-0.3, -0.25) is 4.55 Å². The third kappa shape index (κ3) is 3.72. The molecule has 0 heterocycles. The second-order valence-corrected chi connectivity index (χ2v) is 3.93. The largest absolute Gasteiger partial charge is 0.408 e. The van der Waals surface area contributed by atoms with E-state index in [-0.39, 0.29) is 0 Å². The van der Waals surface area contributed by atoms with Crippen molar-refractivity contribution >= 4 is 22.4 Å². The Labute approximate surface area is 74.7 Å². The molecule has 0 bridgehead atoms. The molecule has 1 rings (SSSR count). The highest BCUT2D eigenvalue weighted by Crippen LogP contribution is 2.19. The average molecular weight is 206 g/mol. The van der Waals surface area contributed by atoms with E-state index in [1.165, 1.54) is 0 Å². The summed E-state index contributed by atoms with van der Waals surface area (Å²) in [7, 11) is -4.36. The van der Waals surface area contributed by atoms with Crippen LogP contribution in [0.5, 0.6) is 0 Å². The highest BCUT2D eigenvalue weighted by molar-refractivity contribution is 8.02. The van der Waals surface area contributed by atoms with Crippen molar-refractivity contribution in [1.82, 2.24) is 0 Å². The van der Waals surface area contributed by atoms with Crippen LogP contribution in [0.1, 0.15) is 0 Å². The third-order valence-electron chi connectivity index (χ3n) is 0.959. The van der Waals surface area contributed by atoms with E-state index in [2.05, 4.69) is 3.63 Å². The van der Waals surface area contributed by atoms with Gasteiger partial charge >= 0.3 is 10.4 Å². The molecule has 0 radical (unpaired) electrons. The van der Waals surface area contributed by atoms with Crippen LogP contribution in [0.25, 0.3) is 0 Å². The van der Waals surface area contributed by atoms with Gasteiger partial charge in [-0.05, 0) is 12.1 Å². The van der Waals surface area contributed by atoms with E-state index in [1.54, 1.807) is 30.3 Å². The zero-order chi connectivity index (χ0) is 9.03. The summed E-state index contributed by atoms with van der Waals surface area (Å²) in [5.41, 5.74) is 0. The highest BCUT2D eigenvalue weighted by Gasteiger charge is 2.05. The van der Waals surface area contributed by atoms with Crippen molar-refractivity contribution in [2.24, 2.45) is 0 Å². The van der Waals surface area contributed by atoms with Crippen LogP contribution in [-0.2, 0) is 14.0 Å². The van der Waals surface area contributed by atoms with Crippen LogP contribution in [0.3, 0.4) is 0 Å². The standard InChI is InChI=1S/C6H6O4S2/c7-12(8,9)10-11-6-4-2-1-3-5-6/h1-5H,(H,7,8,9). The number of hydrogen-bond donors (Lipinski definition) is 1. The molecule has 1 N–H and O–H groups in total. The van der Waals surface area contributed by atoms with Gasteiger partial charge in [-0.1, -0.05) is 18.2 Å². The van der Waals surface area contributed by atoms with Crippen LogP contribution in [0.15, 0.2) is 35.2 Å². The summed E-state index contributed by atoms with van der Waals surface area (Å²) in [4.78, 5) is 0.607. The summed E-state index contributed by atoms with van der Waals surface area (Å²) in [6.45, 7) is 0. The lowest BCUT2D eigenvalue weighted by Crippen LogP contribution is -1.96. The van der Waals surface area contributed by atoms with Gasteiger partial charge in [0.2, 0.25) is 0 Å². The first-order valence-electron chi connectivity index (χ1n) is 2.96. The van der Waals surface area contributed by atoms with E-state index in [0.29, 0.717) is 16.9 Å². The molecule has 0 aliphatic carbocycles. The molecule has 0 aromatic heterocycles. The fraction of sp³-hybridized carbons (Fsp3) is 0. The van der Waals surface area contributed by atoms with Crippen molar-refractivity contribution < 1.29 is 16.6 Å². The molecule has 0 amide bonds. The topological polar surface area (TPSA) is 63.6 Å². The van der Waals surface area contributed by atoms with Crippen molar-refractivity contribution in [3.63, 3.8) is 0 Å². The van der Waals surface area contributed by atoms with Gasteiger partial charge in [-0.25, -0.2) is 0 Å². The summed E-state index contributed by atoms with van der Waals surface area (Å²) in [6, 6.07) is 8.58. The number of rotatable bonds is 3. The summed E-state index contributed by atoms with van der Waals surface area (Å²) < 4.78 is 32.5. The minimum absolute atomic E-state index is 0.589. The van der Waals surface area contributed by atoms with Crippen LogP contribution in [-0.4, -0.2) is 13.0 Å². The van der Waals surface area contributed by atoms with Crippen LogP contribution < -0.4 is 0 Å². The molecule has 12 heavy (non-hydrogen) atoms. The Morgan fingerprint density at radius 1 is 1.25 bits per heavy atom. The molecule has 0 atom stereocenters. The predicted molar refractivity (Wildman–Crippen MR) is 44.9 cm³/mol. The molecule has 0 fully saturated rings. The summed E-state index contributed by atoms with van der Waals surface area (Å²) in [5.74, 6) is 0. The Morgan fingerprint density at radius 2 is 1.83 bits per heavy atom. The van der Waals surface area contributed by atoms with Crippen molar-refractivity contribution in [3.05, 3.63) is 30.3 Å². The van der Waals surface area contributed by atoms with Gasteiger partial charge in [-0.15, -0.1) is 0 Å². The number of benzene rings is 1. The van der Waals surface area contributed by atoms with Crippen LogP contribution in [0, 0.1) is 0 Å². The van der Waals surface area contributed by atoms with E-state index in [1.807, 2.05) is 0 Å². The Balaban J connectivity index is 2.56. The van der Waals surface area contributed by atoms with Gasteiger partial charge in [0.15, 0.2) is 0 Å². The Bertz CT molecular complexity index is 332. The minimum Gasteiger partial charge on any atom is -0.263 e. The van der Waals surface area contributed by atoms with E-state index >= 15 is 0 Å². The van der Waals surface area contributed by atoms with Crippen LogP contribution in [0.4, 0.5) is 0 Å². The molecule has 6 heteroatoms. The second kappa shape index (κ2) is 3.90. The zero-order valence-electron chi connectivity index (χ0n) is 5.88. The normalized spacial score (nSPS) is 11.4. The molecule has 0 saturated heterocycles. The maximum atomic E-state index is 10.1. The Kier molecular flexibility index (Phi) is 3.10. The van der Waals surface area contributed by atoms with Gasteiger partial charge in [0.05, 0.1) is 12.0 Å². The predicted octanol–water partition coefficient (Wildman–Crippen LogP) is 1.51. The lowest BCUT2D eigenvalue weighted by molar-refractivity contribution is 0.407. The third-order valence-corrected chi connectivity index (χ3v) is 2.38. The minimum atomic E-state index is -4.36. The number of hydrogen-bond acceptors (Lipinski definition) is 4. The molecule has 1 aromatic carbocycles. The Hall–Kier alpha value is -0.560. The van der Waals surface area contributed by atoms with Crippen molar-refractivity contribution in [2.45, 2.75) is 4.90 Å². The van der Waals surface area contributed by atoms with E-state index < -0.39 is 10.4 Å². The molecular formula is C6H6O4S2. The maximum Gasteiger partial charge on any atom is 0.408 e. The highest BCUT2D eigenvalue weighted by atomic mass is 32.3. The SMILES string of the molecule is O=S(=O)(O)OSc1ccccc1. The fourth-order valence-corrected chi connectivity index (χ4v) is 1.48. The molecular weight excluding hydrogens is 200 g/mol. The molecule has 0 unspecified atom stereocenters. The first kappa shape index (κ1) is 9.53. The first-order valence-corrected chi connectivity index (χ1v) is 5.07. The Morgan fingerprint density at radius 3 is 2.33 bits per heavy atom. The smallest absolute Gasteiger partial charge is 0.263 e. The quantitative estimate of drug-likeness (QED) is 0.600. The van der Waals surface area contributed by atoms with E-state index in [9.17, 15) is 8.42 Å². The monoisotopic (exact) mass is 206 g/mol. The molecule has 66 valence electrons. The fourth-order valence-electron chi connectivity index (χ4n) is 0.558. The maximum absolute atomic E-state index is 10.1. The van der Waals surface area contributed by atoms with Crippen LogP contribution >= 0.6 is 12.0 Å².